The molecule has 1 aromatic heterocycles. The molecule has 0 aliphatic rings. The molecule has 3 rings (SSSR count). The van der Waals surface area contributed by atoms with E-state index >= 15 is 0 Å². The number of benzene rings is 2. The fourth-order valence-electron chi connectivity index (χ4n) is 2.55. The van der Waals surface area contributed by atoms with Crippen LogP contribution in [-0.2, 0) is 7.05 Å². The average Bonchev–Trinajstić information content (AvgIpc) is 2.90. The van der Waals surface area contributed by atoms with E-state index in [4.69, 9.17) is 5.11 Å². The first kappa shape index (κ1) is 15.7. The Morgan fingerprint density at radius 2 is 1.83 bits per heavy atom. The van der Waals surface area contributed by atoms with Gasteiger partial charge in [-0.2, -0.15) is 4.57 Å². The number of thiazole rings is 1. The maximum Gasteiger partial charge on any atom is 0.262 e. The number of anilines is 1. The van der Waals surface area contributed by atoms with Gasteiger partial charge in [-0.1, -0.05) is 35.6 Å². The molecule has 0 amide bonds. The van der Waals surface area contributed by atoms with Gasteiger partial charge in [-0.05, 0) is 29.8 Å². The van der Waals surface area contributed by atoms with E-state index in [0.717, 1.165) is 5.69 Å². The molecular formula is C19H21N2OS+. The highest BCUT2D eigenvalue weighted by Gasteiger charge is 2.13. The van der Waals surface area contributed by atoms with Crippen LogP contribution in [0.3, 0.4) is 0 Å². The maximum atomic E-state index is 8.99. The molecule has 0 spiro atoms. The Balaban J connectivity index is 1.80. The molecule has 0 bridgehead atoms. The number of aromatic nitrogens is 1. The predicted octanol–water partition coefficient (Wildman–Crippen LogP) is 3.32. The van der Waals surface area contributed by atoms with Gasteiger partial charge in [-0.25, -0.2) is 0 Å². The number of likely N-dealkylation sites (N-methyl/N-ethyl adjacent to an activating group) is 1. The number of aliphatic hydroxyl groups excluding tert-OH is 1. The molecule has 23 heavy (non-hydrogen) atoms. The van der Waals surface area contributed by atoms with Gasteiger partial charge >= 0.3 is 0 Å². The van der Waals surface area contributed by atoms with Crippen LogP contribution in [0.15, 0.2) is 48.5 Å². The minimum absolute atomic E-state index is 0.167. The lowest BCUT2D eigenvalue weighted by Crippen LogP contribution is -2.28. The first-order chi connectivity index (χ1) is 11.2. The van der Waals surface area contributed by atoms with E-state index < -0.39 is 0 Å². The Morgan fingerprint density at radius 3 is 2.52 bits per heavy atom. The zero-order valence-electron chi connectivity index (χ0n) is 13.4. The van der Waals surface area contributed by atoms with Crippen molar-refractivity contribution in [2.75, 3.05) is 25.1 Å². The molecule has 0 aliphatic heterocycles. The molecule has 0 saturated heterocycles. The second-order valence-corrected chi connectivity index (χ2v) is 6.60. The number of hydrogen-bond donors (Lipinski definition) is 1. The number of para-hydroxylation sites is 1. The number of rotatable bonds is 5. The van der Waals surface area contributed by atoms with E-state index in [9.17, 15) is 0 Å². The summed E-state index contributed by atoms with van der Waals surface area (Å²) < 4.78 is 3.52. The highest BCUT2D eigenvalue weighted by Crippen LogP contribution is 2.21. The molecule has 3 nitrogen and oxygen atoms in total. The number of aliphatic hydroxyl groups is 1. The van der Waals surface area contributed by atoms with Crippen molar-refractivity contribution in [2.24, 2.45) is 7.05 Å². The Bertz CT molecular complexity index is 821. The van der Waals surface area contributed by atoms with Crippen molar-refractivity contribution >= 4 is 39.4 Å². The van der Waals surface area contributed by atoms with Crippen molar-refractivity contribution in [3.05, 3.63) is 59.1 Å². The normalized spacial score (nSPS) is 11.4. The van der Waals surface area contributed by atoms with Crippen molar-refractivity contribution in [3.63, 3.8) is 0 Å². The lowest BCUT2D eigenvalue weighted by Gasteiger charge is -2.17. The van der Waals surface area contributed by atoms with Gasteiger partial charge in [0.25, 0.3) is 5.01 Å². The monoisotopic (exact) mass is 325 g/mol. The Kier molecular flexibility index (Phi) is 4.74. The molecule has 0 atom stereocenters. The summed E-state index contributed by atoms with van der Waals surface area (Å²) in [6.07, 6.45) is 4.30. The van der Waals surface area contributed by atoms with Crippen molar-refractivity contribution in [2.45, 2.75) is 0 Å². The molecule has 0 unspecified atom stereocenters. The number of aryl methyl sites for hydroxylation is 1. The largest absolute Gasteiger partial charge is 0.395 e. The van der Waals surface area contributed by atoms with Crippen molar-refractivity contribution in [1.82, 2.24) is 0 Å². The second-order valence-electron chi connectivity index (χ2n) is 5.54. The van der Waals surface area contributed by atoms with E-state index in [0.29, 0.717) is 6.54 Å². The lowest BCUT2D eigenvalue weighted by molar-refractivity contribution is -0.642. The van der Waals surface area contributed by atoms with Crippen LogP contribution in [-0.4, -0.2) is 25.3 Å². The summed E-state index contributed by atoms with van der Waals surface area (Å²) in [5.41, 5.74) is 3.55. The van der Waals surface area contributed by atoms with Crippen LogP contribution in [0, 0.1) is 0 Å². The molecule has 3 aromatic rings. The molecule has 1 N–H and O–H groups in total. The van der Waals surface area contributed by atoms with Crippen LogP contribution >= 0.6 is 11.3 Å². The first-order valence-electron chi connectivity index (χ1n) is 7.67. The summed E-state index contributed by atoms with van der Waals surface area (Å²) in [6.45, 7) is 0.813. The third-order valence-corrected chi connectivity index (χ3v) is 5.14. The van der Waals surface area contributed by atoms with Crippen LogP contribution in [0.2, 0.25) is 0 Å². The fraction of sp³-hybridized carbons (Fsp3) is 0.211. The summed E-state index contributed by atoms with van der Waals surface area (Å²) in [7, 11) is 4.09. The van der Waals surface area contributed by atoms with E-state index in [2.05, 4.69) is 72.3 Å². The van der Waals surface area contributed by atoms with Crippen LogP contribution < -0.4 is 9.47 Å². The smallest absolute Gasteiger partial charge is 0.262 e. The van der Waals surface area contributed by atoms with Crippen LogP contribution in [0.4, 0.5) is 5.69 Å². The topological polar surface area (TPSA) is 27.3 Å². The third-order valence-electron chi connectivity index (χ3n) is 3.96. The van der Waals surface area contributed by atoms with Crippen molar-refractivity contribution in [3.8, 4) is 0 Å². The van der Waals surface area contributed by atoms with E-state index in [1.165, 1.54) is 20.8 Å². The van der Waals surface area contributed by atoms with Crippen LogP contribution in [0.1, 0.15) is 10.6 Å². The van der Waals surface area contributed by atoms with Crippen LogP contribution in [0.25, 0.3) is 22.4 Å². The quantitative estimate of drug-likeness (QED) is 0.729. The van der Waals surface area contributed by atoms with E-state index in [1.807, 2.05) is 11.9 Å². The number of hydrogen-bond acceptors (Lipinski definition) is 3. The Hall–Kier alpha value is -2.17. The highest BCUT2D eigenvalue weighted by atomic mass is 32.1. The molecule has 0 aliphatic carbocycles. The molecule has 118 valence electrons. The summed E-state index contributed by atoms with van der Waals surface area (Å²) in [5.74, 6) is 0. The first-order valence-corrected chi connectivity index (χ1v) is 8.48. The van der Waals surface area contributed by atoms with Gasteiger partial charge < -0.3 is 10.0 Å². The zero-order chi connectivity index (χ0) is 16.2. The average molecular weight is 325 g/mol. The minimum Gasteiger partial charge on any atom is -0.395 e. The van der Waals surface area contributed by atoms with Crippen LogP contribution in [0.5, 0.6) is 0 Å². The highest BCUT2D eigenvalue weighted by molar-refractivity contribution is 7.18. The van der Waals surface area contributed by atoms with Gasteiger partial charge in [-0.15, -0.1) is 0 Å². The molecule has 0 saturated carbocycles. The molecule has 1 heterocycles. The van der Waals surface area contributed by atoms with Crippen molar-refractivity contribution < 1.29 is 9.67 Å². The van der Waals surface area contributed by atoms with Gasteiger partial charge in [0, 0.05) is 31.4 Å². The predicted molar refractivity (Wildman–Crippen MR) is 98.7 cm³/mol. The SMILES string of the molecule is CN(CCO)c1ccc(C=Cc2sc3ccccc3[n+]2C)cc1. The van der Waals surface area contributed by atoms with Gasteiger partial charge in [0.15, 0.2) is 0 Å². The molecule has 4 heteroatoms. The Morgan fingerprint density at radius 1 is 1.09 bits per heavy atom. The second kappa shape index (κ2) is 6.94. The van der Waals surface area contributed by atoms with Gasteiger partial charge in [-0.3, -0.25) is 0 Å². The summed E-state index contributed by atoms with van der Waals surface area (Å²) in [6, 6.07) is 16.8. The molecule has 0 radical (unpaired) electrons. The summed E-state index contributed by atoms with van der Waals surface area (Å²) in [4.78, 5) is 2.04. The zero-order valence-corrected chi connectivity index (χ0v) is 14.3. The Labute approximate surface area is 140 Å². The lowest BCUT2D eigenvalue weighted by atomic mass is 10.2. The van der Waals surface area contributed by atoms with Gasteiger partial charge in [0.1, 0.15) is 11.7 Å². The van der Waals surface area contributed by atoms with Gasteiger partial charge in [0.2, 0.25) is 5.52 Å². The fourth-order valence-corrected chi connectivity index (χ4v) is 3.61. The van der Waals surface area contributed by atoms with Crippen molar-refractivity contribution in [1.29, 1.82) is 0 Å². The number of nitrogens with zero attached hydrogens (tertiary/aromatic N) is 2. The summed E-state index contributed by atoms with van der Waals surface area (Å²) in [5, 5.41) is 10.2. The minimum atomic E-state index is 0.167. The molecular weight excluding hydrogens is 304 g/mol. The standard InChI is InChI=1S/C19H21N2OS/c1-20(13-14-22)16-10-7-15(8-11-16)9-12-19-21(2)17-5-3-4-6-18(17)23-19/h3-12,22H,13-14H2,1-2H3/q+1. The molecule has 2 aromatic carbocycles. The molecule has 0 fully saturated rings. The van der Waals surface area contributed by atoms with E-state index in [-0.39, 0.29) is 6.61 Å². The van der Waals surface area contributed by atoms with E-state index in [1.54, 1.807) is 11.3 Å². The number of fused-ring (bicyclic) bond motifs is 1. The maximum absolute atomic E-state index is 8.99. The third kappa shape index (κ3) is 3.44. The summed E-state index contributed by atoms with van der Waals surface area (Å²) >= 11 is 1.80. The van der Waals surface area contributed by atoms with Gasteiger partial charge in [0.05, 0.1) is 6.61 Å².